The average molecular weight is 432 g/mol. The zero-order valence-corrected chi connectivity index (χ0v) is 15.5. The molecule has 0 atom stereocenters. The van der Waals surface area contributed by atoms with Crippen LogP contribution < -0.4 is 0 Å². The summed E-state index contributed by atoms with van der Waals surface area (Å²) < 4.78 is 76.8. The molecule has 1 fully saturated rings. The van der Waals surface area contributed by atoms with Gasteiger partial charge < -0.3 is 0 Å². The van der Waals surface area contributed by atoms with Crippen molar-refractivity contribution in [2.75, 3.05) is 12.3 Å². The molecule has 1 amide bonds. The molecule has 0 bridgehead atoms. The predicted molar refractivity (Wildman–Crippen MR) is 98.1 cm³/mol. The molecule has 1 saturated heterocycles. The maximum absolute atomic E-state index is 12.9. The molecule has 0 radical (unpaired) electrons. The summed E-state index contributed by atoms with van der Waals surface area (Å²) in [7, 11) is 0. The number of hydrogen-bond donors (Lipinski definition) is 0. The molecule has 0 aromatic heterocycles. The van der Waals surface area contributed by atoms with Gasteiger partial charge in [-0.25, -0.2) is 4.99 Å². The highest BCUT2D eigenvalue weighted by Gasteiger charge is 2.32. The third-order valence-electron chi connectivity index (χ3n) is 4.09. The van der Waals surface area contributed by atoms with Crippen molar-refractivity contribution in [1.29, 1.82) is 0 Å². The smallest absolute Gasteiger partial charge is 0.287 e. The molecule has 3 nitrogen and oxygen atoms in total. The highest BCUT2D eigenvalue weighted by atomic mass is 32.2. The van der Waals surface area contributed by atoms with Crippen LogP contribution in [0.15, 0.2) is 53.5 Å². The molecular formula is C19H14F6N2OS. The Hall–Kier alpha value is -2.49. The van der Waals surface area contributed by atoms with Crippen LogP contribution in [0.2, 0.25) is 0 Å². The van der Waals surface area contributed by atoms with Crippen LogP contribution in [0.3, 0.4) is 0 Å². The second-order valence-corrected chi connectivity index (χ2v) is 7.24. The summed E-state index contributed by atoms with van der Waals surface area (Å²) in [5, 5.41) is 0.209. The predicted octanol–water partition coefficient (Wildman–Crippen LogP) is 5.99. The number of alkyl halides is 6. The molecule has 1 aliphatic rings. The summed E-state index contributed by atoms with van der Waals surface area (Å²) in [6.45, 7) is 0.269. The zero-order valence-electron chi connectivity index (χ0n) is 14.7. The van der Waals surface area contributed by atoms with E-state index in [0.717, 1.165) is 36.4 Å². The van der Waals surface area contributed by atoms with Crippen LogP contribution in [0.4, 0.5) is 32.0 Å². The average Bonchev–Trinajstić information content (AvgIpc) is 2.67. The van der Waals surface area contributed by atoms with Crippen LogP contribution in [0.5, 0.6) is 0 Å². The van der Waals surface area contributed by atoms with Crippen molar-refractivity contribution in [3.05, 3.63) is 65.2 Å². The molecule has 2 aromatic rings. The van der Waals surface area contributed by atoms with Gasteiger partial charge in [0.25, 0.3) is 5.91 Å². The molecule has 0 aliphatic carbocycles. The minimum Gasteiger partial charge on any atom is -0.287 e. The first-order valence-corrected chi connectivity index (χ1v) is 9.42. The molecule has 2 aromatic carbocycles. The number of amidine groups is 1. The monoisotopic (exact) mass is 432 g/mol. The van der Waals surface area contributed by atoms with Gasteiger partial charge in [-0.2, -0.15) is 26.3 Å². The van der Waals surface area contributed by atoms with E-state index in [1.165, 1.54) is 28.8 Å². The van der Waals surface area contributed by atoms with Crippen LogP contribution in [0, 0.1) is 0 Å². The maximum Gasteiger partial charge on any atom is 0.416 e. The van der Waals surface area contributed by atoms with Gasteiger partial charge in [-0.05, 0) is 48.9 Å². The van der Waals surface area contributed by atoms with Crippen molar-refractivity contribution < 1.29 is 31.1 Å². The van der Waals surface area contributed by atoms with E-state index in [-0.39, 0.29) is 23.0 Å². The van der Waals surface area contributed by atoms with Gasteiger partial charge in [0.1, 0.15) is 0 Å². The number of hydrogen-bond acceptors (Lipinski definition) is 3. The van der Waals surface area contributed by atoms with E-state index in [4.69, 9.17) is 0 Å². The minimum absolute atomic E-state index is 0.0365. The van der Waals surface area contributed by atoms with E-state index in [0.29, 0.717) is 12.2 Å². The van der Waals surface area contributed by atoms with Gasteiger partial charge in [0.15, 0.2) is 5.17 Å². The number of aliphatic imine (C=N–C) groups is 1. The molecule has 0 N–H and O–H groups in total. The van der Waals surface area contributed by atoms with E-state index in [9.17, 15) is 31.1 Å². The third-order valence-corrected chi connectivity index (χ3v) is 5.15. The molecule has 0 saturated carbocycles. The highest BCUT2D eigenvalue weighted by Crippen LogP contribution is 2.33. The fourth-order valence-corrected chi connectivity index (χ4v) is 3.62. The molecule has 1 heterocycles. The first-order chi connectivity index (χ1) is 13.6. The van der Waals surface area contributed by atoms with Gasteiger partial charge in [0.2, 0.25) is 0 Å². The largest absolute Gasteiger partial charge is 0.416 e. The summed E-state index contributed by atoms with van der Waals surface area (Å²) in [4.78, 5) is 18.2. The van der Waals surface area contributed by atoms with Gasteiger partial charge in [-0.15, -0.1) is 0 Å². The fourth-order valence-electron chi connectivity index (χ4n) is 2.66. The Balaban J connectivity index is 1.88. The van der Waals surface area contributed by atoms with Crippen LogP contribution >= 0.6 is 11.8 Å². The Labute approximate surface area is 166 Å². The van der Waals surface area contributed by atoms with Crippen molar-refractivity contribution in [2.24, 2.45) is 4.99 Å². The summed E-state index contributed by atoms with van der Waals surface area (Å²) >= 11 is 1.20. The summed E-state index contributed by atoms with van der Waals surface area (Å²) in [6, 6.07) is 8.18. The maximum atomic E-state index is 12.9. The summed E-state index contributed by atoms with van der Waals surface area (Å²) in [5.41, 5.74) is -1.66. The highest BCUT2D eigenvalue weighted by molar-refractivity contribution is 8.13. The topological polar surface area (TPSA) is 32.7 Å². The summed E-state index contributed by atoms with van der Waals surface area (Å²) in [6.07, 6.45) is -8.41. The Morgan fingerprint density at radius 1 is 0.931 bits per heavy atom. The van der Waals surface area contributed by atoms with Crippen LogP contribution in [-0.2, 0) is 12.4 Å². The molecule has 1 aliphatic heterocycles. The fraction of sp³-hybridized carbons (Fsp3) is 0.263. The molecule has 154 valence electrons. The zero-order chi connectivity index (χ0) is 21.2. The lowest BCUT2D eigenvalue weighted by molar-refractivity contribution is -0.138. The number of rotatable bonds is 2. The Morgan fingerprint density at radius 2 is 1.59 bits per heavy atom. The Morgan fingerprint density at radius 3 is 2.21 bits per heavy atom. The first-order valence-electron chi connectivity index (χ1n) is 8.43. The van der Waals surface area contributed by atoms with E-state index < -0.39 is 29.4 Å². The van der Waals surface area contributed by atoms with Crippen LogP contribution in [0.1, 0.15) is 27.9 Å². The van der Waals surface area contributed by atoms with Crippen LogP contribution in [0.25, 0.3) is 0 Å². The number of amides is 1. The second-order valence-electron chi connectivity index (χ2n) is 6.18. The number of benzene rings is 2. The molecule has 3 rings (SSSR count). The quantitative estimate of drug-likeness (QED) is 0.546. The lowest BCUT2D eigenvalue weighted by atomic mass is 10.1. The lowest BCUT2D eigenvalue weighted by Crippen LogP contribution is -2.39. The lowest BCUT2D eigenvalue weighted by Gasteiger charge is -2.28. The van der Waals surface area contributed by atoms with E-state index in [2.05, 4.69) is 4.99 Å². The van der Waals surface area contributed by atoms with Crippen molar-refractivity contribution in [1.82, 2.24) is 4.90 Å². The van der Waals surface area contributed by atoms with Gasteiger partial charge in [0, 0.05) is 17.9 Å². The third kappa shape index (κ3) is 5.11. The second kappa shape index (κ2) is 8.10. The van der Waals surface area contributed by atoms with Crippen LogP contribution in [-0.4, -0.2) is 28.3 Å². The molecule has 29 heavy (non-hydrogen) atoms. The molecular weight excluding hydrogens is 418 g/mol. The van der Waals surface area contributed by atoms with Gasteiger partial charge in [-0.3, -0.25) is 9.69 Å². The Bertz CT molecular complexity index is 922. The van der Waals surface area contributed by atoms with E-state index in [1.807, 2.05) is 0 Å². The van der Waals surface area contributed by atoms with Gasteiger partial charge >= 0.3 is 12.4 Å². The van der Waals surface area contributed by atoms with Crippen molar-refractivity contribution >= 4 is 28.5 Å². The van der Waals surface area contributed by atoms with Crippen molar-refractivity contribution in [3.8, 4) is 0 Å². The van der Waals surface area contributed by atoms with E-state index in [1.54, 1.807) is 0 Å². The number of halogens is 6. The molecule has 0 spiro atoms. The summed E-state index contributed by atoms with van der Waals surface area (Å²) in [5.74, 6) is 0.0610. The minimum atomic E-state index is -4.52. The Kier molecular flexibility index (Phi) is 5.92. The van der Waals surface area contributed by atoms with Crippen molar-refractivity contribution in [2.45, 2.75) is 18.8 Å². The first kappa shape index (κ1) is 21.2. The number of carbonyl (C=O) groups excluding carboxylic acids is 1. The van der Waals surface area contributed by atoms with Crippen molar-refractivity contribution in [3.63, 3.8) is 0 Å². The standard InChI is InChI=1S/C19H14F6N2OS/c20-18(21,22)13-7-5-12(6-8-13)16(28)27-9-2-10-29-17(27)26-15-4-1-3-14(11-15)19(23,24)25/h1,3-8,11H,2,9-10H2. The number of carbonyl (C=O) groups is 1. The number of thioether (sulfide) groups is 1. The number of nitrogens with zero attached hydrogens (tertiary/aromatic N) is 2. The van der Waals surface area contributed by atoms with Gasteiger partial charge in [0.05, 0.1) is 16.8 Å². The SMILES string of the molecule is O=C(c1ccc(C(F)(F)F)cc1)N1CCCSC1=Nc1cccc(C(F)(F)F)c1. The van der Waals surface area contributed by atoms with Gasteiger partial charge in [-0.1, -0.05) is 17.8 Å². The normalized spacial score (nSPS) is 16.9. The molecule has 10 heteroatoms. The van der Waals surface area contributed by atoms with E-state index >= 15 is 0 Å². The molecule has 0 unspecified atom stereocenters.